The van der Waals surface area contributed by atoms with Crippen LogP contribution in [0.15, 0.2) is 23.9 Å². The van der Waals surface area contributed by atoms with E-state index < -0.39 is 0 Å². The predicted molar refractivity (Wildman–Crippen MR) is 48.5 cm³/mol. The first-order chi connectivity index (χ1) is 4.66. The van der Waals surface area contributed by atoms with Gasteiger partial charge in [0.15, 0.2) is 0 Å². The van der Waals surface area contributed by atoms with E-state index in [1.54, 1.807) is 12.2 Å². The van der Waals surface area contributed by atoms with Crippen molar-refractivity contribution in [3.05, 3.63) is 23.9 Å². The Morgan fingerprint density at radius 2 is 2.10 bits per heavy atom. The lowest BCUT2D eigenvalue weighted by Gasteiger charge is -1.89. The molecule has 10 heavy (non-hydrogen) atoms. The van der Waals surface area contributed by atoms with Gasteiger partial charge < -0.3 is 11.5 Å². The van der Waals surface area contributed by atoms with Gasteiger partial charge in [0, 0.05) is 5.70 Å². The zero-order valence-electron chi connectivity index (χ0n) is 6.00. The number of hydrogen-bond donors (Lipinski definition) is 2. The predicted octanol–water partition coefficient (Wildman–Crippen LogP) is 1.08. The maximum atomic E-state index is 5.47. The normalized spacial score (nSPS) is 12.3. The SMILES string of the molecule is CCC=CC(N)=CC(N)=S. The highest BCUT2D eigenvalue weighted by Gasteiger charge is 1.82. The Bertz CT molecular complexity index is 170. The maximum Gasteiger partial charge on any atom is 0.0982 e. The van der Waals surface area contributed by atoms with Crippen molar-refractivity contribution >= 4 is 17.2 Å². The Hall–Kier alpha value is -0.830. The molecule has 0 aromatic carbocycles. The topological polar surface area (TPSA) is 52.0 Å². The van der Waals surface area contributed by atoms with Crippen LogP contribution in [-0.2, 0) is 0 Å². The molecule has 0 bridgehead atoms. The van der Waals surface area contributed by atoms with Crippen molar-refractivity contribution in [3.8, 4) is 0 Å². The van der Waals surface area contributed by atoms with E-state index >= 15 is 0 Å². The third kappa shape index (κ3) is 5.31. The molecule has 2 nitrogen and oxygen atoms in total. The molecule has 0 aliphatic carbocycles. The third-order valence-electron chi connectivity index (χ3n) is 0.855. The lowest BCUT2D eigenvalue weighted by molar-refractivity contribution is 1.21. The standard InChI is InChI=1S/C7H12N2S/c1-2-3-4-6(8)5-7(9)10/h3-5H,2,8H2,1H3,(H2,9,10). The minimum absolute atomic E-state index is 0.318. The lowest BCUT2D eigenvalue weighted by atomic mass is 10.3. The first-order valence-corrected chi connectivity index (χ1v) is 3.50. The second kappa shape index (κ2) is 4.99. The highest BCUT2D eigenvalue weighted by Crippen LogP contribution is 1.88. The molecule has 0 rings (SSSR count). The minimum atomic E-state index is 0.318. The maximum absolute atomic E-state index is 5.47. The second-order valence-electron chi connectivity index (χ2n) is 1.86. The molecule has 0 aromatic rings. The number of rotatable bonds is 3. The first kappa shape index (κ1) is 9.17. The smallest absolute Gasteiger partial charge is 0.0982 e. The van der Waals surface area contributed by atoms with E-state index in [-0.39, 0.29) is 0 Å². The summed E-state index contributed by atoms with van der Waals surface area (Å²) in [6.07, 6.45) is 6.26. The van der Waals surface area contributed by atoms with Crippen LogP contribution in [0.4, 0.5) is 0 Å². The van der Waals surface area contributed by atoms with Crippen LogP contribution in [0.3, 0.4) is 0 Å². The van der Waals surface area contributed by atoms with Crippen LogP contribution in [0.5, 0.6) is 0 Å². The van der Waals surface area contributed by atoms with Gasteiger partial charge in [-0.1, -0.05) is 25.2 Å². The summed E-state index contributed by atoms with van der Waals surface area (Å²) in [4.78, 5) is 0.318. The van der Waals surface area contributed by atoms with Crippen LogP contribution in [0.25, 0.3) is 0 Å². The monoisotopic (exact) mass is 156 g/mol. The van der Waals surface area contributed by atoms with E-state index in [0.717, 1.165) is 6.42 Å². The number of allylic oxidation sites excluding steroid dienone is 2. The fourth-order valence-corrected chi connectivity index (χ4v) is 0.602. The van der Waals surface area contributed by atoms with Crippen molar-refractivity contribution in [2.75, 3.05) is 0 Å². The largest absolute Gasteiger partial charge is 0.399 e. The fraction of sp³-hybridized carbons (Fsp3) is 0.286. The molecule has 0 aliphatic heterocycles. The summed E-state index contributed by atoms with van der Waals surface area (Å²) < 4.78 is 0. The highest BCUT2D eigenvalue weighted by atomic mass is 32.1. The molecule has 0 saturated heterocycles. The van der Waals surface area contributed by atoms with Crippen LogP contribution >= 0.6 is 12.2 Å². The molecule has 3 heteroatoms. The number of hydrogen-bond acceptors (Lipinski definition) is 2. The summed E-state index contributed by atoms with van der Waals surface area (Å²) in [6.45, 7) is 2.03. The summed E-state index contributed by atoms with van der Waals surface area (Å²) in [5.41, 5.74) is 11.3. The highest BCUT2D eigenvalue weighted by molar-refractivity contribution is 7.80. The Balaban J connectivity index is 3.94. The second-order valence-corrected chi connectivity index (χ2v) is 2.33. The molecule has 0 unspecified atom stereocenters. The lowest BCUT2D eigenvalue weighted by Crippen LogP contribution is -2.06. The van der Waals surface area contributed by atoms with E-state index in [9.17, 15) is 0 Å². The average Bonchev–Trinajstić information content (AvgIpc) is 1.82. The zero-order valence-corrected chi connectivity index (χ0v) is 6.82. The van der Waals surface area contributed by atoms with Crippen LogP contribution in [0.2, 0.25) is 0 Å². The van der Waals surface area contributed by atoms with Crippen molar-refractivity contribution < 1.29 is 0 Å². The van der Waals surface area contributed by atoms with Gasteiger partial charge in [0.05, 0.1) is 4.99 Å². The van der Waals surface area contributed by atoms with Gasteiger partial charge in [0.25, 0.3) is 0 Å². The minimum Gasteiger partial charge on any atom is -0.399 e. The molecule has 56 valence electrons. The van der Waals surface area contributed by atoms with Gasteiger partial charge in [-0.05, 0) is 18.6 Å². The van der Waals surface area contributed by atoms with E-state index in [0.29, 0.717) is 10.7 Å². The fourth-order valence-electron chi connectivity index (χ4n) is 0.466. The third-order valence-corrected chi connectivity index (χ3v) is 0.973. The van der Waals surface area contributed by atoms with Crippen LogP contribution < -0.4 is 11.5 Å². The summed E-state index contributed by atoms with van der Waals surface area (Å²) in [7, 11) is 0. The van der Waals surface area contributed by atoms with Gasteiger partial charge in [0.1, 0.15) is 0 Å². The molecule has 0 aliphatic rings. The first-order valence-electron chi connectivity index (χ1n) is 3.10. The van der Waals surface area contributed by atoms with Gasteiger partial charge >= 0.3 is 0 Å². The Labute approximate surface area is 66.6 Å². The average molecular weight is 156 g/mol. The molecule has 0 atom stereocenters. The molecule has 0 amide bonds. The summed E-state index contributed by atoms with van der Waals surface area (Å²) in [5.74, 6) is 0. The molecule has 0 heterocycles. The van der Waals surface area contributed by atoms with Crippen LogP contribution in [0, 0.1) is 0 Å². The van der Waals surface area contributed by atoms with Gasteiger partial charge in [-0.15, -0.1) is 0 Å². The molecular weight excluding hydrogens is 144 g/mol. The number of nitrogens with two attached hydrogens (primary N) is 2. The van der Waals surface area contributed by atoms with Crippen molar-refractivity contribution in [2.45, 2.75) is 13.3 Å². The molecule has 0 saturated carbocycles. The van der Waals surface area contributed by atoms with Crippen molar-refractivity contribution in [1.29, 1.82) is 0 Å². The van der Waals surface area contributed by atoms with Gasteiger partial charge in [0.2, 0.25) is 0 Å². The van der Waals surface area contributed by atoms with Crippen molar-refractivity contribution in [3.63, 3.8) is 0 Å². The van der Waals surface area contributed by atoms with E-state index in [4.69, 9.17) is 11.5 Å². The van der Waals surface area contributed by atoms with E-state index in [1.165, 1.54) is 0 Å². The molecule has 0 spiro atoms. The van der Waals surface area contributed by atoms with Gasteiger partial charge in [-0.25, -0.2) is 0 Å². The molecule has 0 radical (unpaired) electrons. The molecular formula is C7H12N2S. The Morgan fingerprint density at radius 1 is 1.50 bits per heavy atom. The summed E-state index contributed by atoms with van der Waals surface area (Å²) in [5, 5.41) is 0. The Morgan fingerprint density at radius 3 is 2.50 bits per heavy atom. The summed E-state index contributed by atoms with van der Waals surface area (Å²) >= 11 is 4.61. The van der Waals surface area contributed by atoms with Gasteiger partial charge in [-0.2, -0.15) is 0 Å². The van der Waals surface area contributed by atoms with E-state index in [2.05, 4.69) is 12.2 Å². The molecule has 0 fully saturated rings. The van der Waals surface area contributed by atoms with Gasteiger partial charge in [-0.3, -0.25) is 0 Å². The molecule has 0 aromatic heterocycles. The van der Waals surface area contributed by atoms with Crippen LogP contribution in [0.1, 0.15) is 13.3 Å². The Kier molecular flexibility index (Phi) is 4.58. The summed E-state index contributed by atoms with van der Waals surface area (Å²) in [6, 6.07) is 0. The molecule has 4 N–H and O–H groups in total. The zero-order chi connectivity index (χ0) is 7.98. The number of thiocarbonyl (C=S) groups is 1. The quantitative estimate of drug-likeness (QED) is 0.365. The van der Waals surface area contributed by atoms with Crippen molar-refractivity contribution in [2.24, 2.45) is 11.5 Å². The van der Waals surface area contributed by atoms with E-state index in [1.807, 2.05) is 13.0 Å². The van der Waals surface area contributed by atoms with Crippen LogP contribution in [-0.4, -0.2) is 4.99 Å². The van der Waals surface area contributed by atoms with Crippen molar-refractivity contribution in [1.82, 2.24) is 0 Å².